The van der Waals surface area contributed by atoms with Crippen molar-refractivity contribution in [2.24, 2.45) is 16.7 Å². The molecule has 3 aliphatic carbocycles. The molecule has 0 aliphatic heterocycles. The molecule has 1 nitrogen and oxygen atoms in total. The first kappa shape index (κ1) is 15.8. The largest absolute Gasteiger partial charge is 0.289 e. The first-order chi connectivity index (χ1) is 12.4. The fourth-order valence-electron chi connectivity index (χ4n) is 5.70. The number of Topliss-reactive ketones (excluding diaryl/α,β-unsaturated/α-hetero) is 1. The molecule has 2 aromatic carbocycles. The SMILES string of the molecule is CC1(C)CC2CC1(C)C1=C(c3ccccc3)C(=O)C(c3ccccc3)=C12. The molecule has 0 heterocycles. The van der Waals surface area contributed by atoms with Crippen molar-refractivity contribution in [1.29, 1.82) is 0 Å². The lowest BCUT2D eigenvalue weighted by Crippen LogP contribution is -2.33. The molecule has 2 aromatic rings. The molecule has 130 valence electrons. The standard InChI is InChI=1S/C25H24O/c1-24(2)14-18-15-25(24,3)22-19(18)20(16-10-6-4-7-11-16)23(26)21(22)17-12-8-5-9-13-17/h4-13,18H,14-15H2,1-3H3. The van der Waals surface area contributed by atoms with Crippen molar-refractivity contribution in [3.05, 3.63) is 82.9 Å². The number of hydrogen-bond donors (Lipinski definition) is 0. The van der Waals surface area contributed by atoms with Crippen LogP contribution >= 0.6 is 0 Å². The van der Waals surface area contributed by atoms with Gasteiger partial charge in [0, 0.05) is 11.1 Å². The van der Waals surface area contributed by atoms with E-state index in [1.54, 1.807) is 0 Å². The summed E-state index contributed by atoms with van der Waals surface area (Å²) in [6.45, 7) is 7.15. The van der Waals surface area contributed by atoms with E-state index in [0.717, 1.165) is 22.3 Å². The number of benzene rings is 2. The molecule has 5 rings (SSSR count). The van der Waals surface area contributed by atoms with E-state index in [1.165, 1.54) is 24.0 Å². The maximum Gasteiger partial charge on any atom is 0.194 e. The van der Waals surface area contributed by atoms with Gasteiger partial charge in [0.25, 0.3) is 0 Å². The summed E-state index contributed by atoms with van der Waals surface area (Å²) >= 11 is 0. The van der Waals surface area contributed by atoms with E-state index in [1.807, 2.05) is 36.4 Å². The number of fused-ring (bicyclic) bond motifs is 5. The maximum absolute atomic E-state index is 13.7. The normalized spacial score (nSPS) is 28.9. The quantitative estimate of drug-likeness (QED) is 0.662. The van der Waals surface area contributed by atoms with Crippen LogP contribution in [0, 0.1) is 16.7 Å². The third kappa shape index (κ3) is 1.84. The van der Waals surface area contributed by atoms with Crippen molar-refractivity contribution in [3.8, 4) is 0 Å². The summed E-state index contributed by atoms with van der Waals surface area (Å²) in [5, 5.41) is 0. The van der Waals surface area contributed by atoms with E-state index in [0.29, 0.717) is 5.92 Å². The van der Waals surface area contributed by atoms with Crippen LogP contribution in [-0.2, 0) is 4.79 Å². The molecule has 0 N–H and O–H groups in total. The minimum absolute atomic E-state index is 0.0738. The van der Waals surface area contributed by atoms with Gasteiger partial charge in [-0.15, -0.1) is 0 Å². The van der Waals surface area contributed by atoms with Gasteiger partial charge in [-0.2, -0.15) is 0 Å². The van der Waals surface area contributed by atoms with Crippen LogP contribution in [0.3, 0.4) is 0 Å². The molecule has 2 unspecified atom stereocenters. The smallest absolute Gasteiger partial charge is 0.194 e. The van der Waals surface area contributed by atoms with Gasteiger partial charge >= 0.3 is 0 Å². The summed E-state index contributed by atoms with van der Waals surface area (Å²) in [6, 6.07) is 20.6. The van der Waals surface area contributed by atoms with Gasteiger partial charge in [0.05, 0.1) is 0 Å². The molecule has 0 radical (unpaired) electrons. The van der Waals surface area contributed by atoms with E-state index >= 15 is 0 Å². The van der Waals surface area contributed by atoms with Gasteiger partial charge in [-0.1, -0.05) is 81.4 Å². The third-order valence-electron chi connectivity index (χ3n) is 7.23. The highest BCUT2D eigenvalue weighted by atomic mass is 16.1. The van der Waals surface area contributed by atoms with Crippen LogP contribution in [0.5, 0.6) is 0 Å². The van der Waals surface area contributed by atoms with E-state index in [9.17, 15) is 4.79 Å². The van der Waals surface area contributed by atoms with Crippen LogP contribution in [0.25, 0.3) is 11.1 Å². The van der Waals surface area contributed by atoms with Crippen LogP contribution in [0.4, 0.5) is 0 Å². The summed E-state index contributed by atoms with van der Waals surface area (Å²) in [7, 11) is 0. The van der Waals surface area contributed by atoms with Gasteiger partial charge in [-0.3, -0.25) is 4.79 Å². The van der Waals surface area contributed by atoms with Crippen molar-refractivity contribution >= 4 is 16.9 Å². The van der Waals surface area contributed by atoms with E-state index < -0.39 is 0 Å². The average molecular weight is 340 g/mol. The molecule has 2 atom stereocenters. The maximum atomic E-state index is 13.7. The third-order valence-corrected chi connectivity index (χ3v) is 7.23. The van der Waals surface area contributed by atoms with E-state index in [4.69, 9.17) is 0 Å². The molecule has 26 heavy (non-hydrogen) atoms. The average Bonchev–Trinajstić information content (AvgIpc) is 3.18. The van der Waals surface area contributed by atoms with Crippen molar-refractivity contribution in [2.45, 2.75) is 33.6 Å². The number of carbonyl (C=O) groups excluding carboxylic acids is 1. The molecule has 0 saturated heterocycles. The fourth-order valence-corrected chi connectivity index (χ4v) is 5.70. The topological polar surface area (TPSA) is 17.1 Å². The molecular weight excluding hydrogens is 316 g/mol. The number of hydrogen-bond acceptors (Lipinski definition) is 1. The summed E-state index contributed by atoms with van der Waals surface area (Å²) in [4.78, 5) is 13.7. The lowest BCUT2D eigenvalue weighted by atomic mass is 9.62. The summed E-state index contributed by atoms with van der Waals surface area (Å²) in [5.74, 6) is 0.728. The van der Waals surface area contributed by atoms with E-state index in [-0.39, 0.29) is 16.6 Å². The van der Waals surface area contributed by atoms with Crippen LogP contribution in [0.1, 0.15) is 44.7 Å². The number of ketones is 1. The van der Waals surface area contributed by atoms with Gasteiger partial charge in [0.15, 0.2) is 5.78 Å². The molecule has 2 saturated carbocycles. The van der Waals surface area contributed by atoms with Crippen LogP contribution in [0.15, 0.2) is 71.8 Å². The lowest BCUT2D eigenvalue weighted by molar-refractivity contribution is -0.108. The molecule has 0 spiro atoms. The molecule has 3 aliphatic rings. The first-order valence-electron chi connectivity index (χ1n) is 9.59. The summed E-state index contributed by atoms with van der Waals surface area (Å²) < 4.78 is 0. The molecule has 2 bridgehead atoms. The zero-order valence-electron chi connectivity index (χ0n) is 15.7. The Labute approximate surface area is 155 Å². The van der Waals surface area contributed by atoms with Crippen LogP contribution < -0.4 is 0 Å². The second kappa shape index (κ2) is 5.07. The summed E-state index contributed by atoms with van der Waals surface area (Å²) in [6.07, 6.45) is 2.35. The van der Waals surface area contributed by atoms with Crippen molar-refractivity contribution in [3.63, 3.8) is 0 Å². The molecular formula is C25H24O. The van der Waals surface area contributed by atoms with Crippen LogP contribution in [-0.4, -0.2) is 5.78 Å². The van der Waals surface area contributed by atoms with Gasteiger partial charge in [-0.05, 0) is 51.9 Å². The highest BCUT2D eigenvalue weighted by Crippen LogP contribution is 2.72. The monoisotopic (exact) mass is 340 g/mol. The second-order valence-corrected chi connectivity index (χ2v) is 8.92. The Balaban J connectivity index is 1.81. The van der Waals surface area contributed by atoms with Gasteiger partial charge in [0.2, 0.25) is 0 Å². The molecule has 2 fully saturated rings. The fraction of sp³-hybridized carbons (Fsp3) is 0.320. The number of carbonyl (C=O) groups is 1. The minimum Gasteiger partial charge on any atom is -0.289 e. The minimum atomic E-state index is 0.0738. The van der Waals surface area contributed by atoms with Crippen molar-refractivity contribution in [1.82, 2.24) is 0 Å². The van der Waals surface area contributed by atoms with Crippen LogP contribution in [0.2, 0.25) is 0 Å². The predicted octanol–water partition coefficient (Wildman–Crippen LogP) is 5.93. The Morgan fingerprint density at radius 1 is 0.769 bits per heavy atom. The zero-order valence-corrected chi connectivity index (χ0v) is 15.7. The molecule has 1 heteroatoms. The van der Waals surface area contributed by atoms with E-state index in [2.05, 4.69) is 45.0 Å². The Morgan fingerprint density at radius 2 is 1.31 bits per heavy atom. The van der Waals surface area contributed by atoms with Crippen molar-refractivity contribution < 1.29 is 4.79 Å². The van der Waals surface area contributed by atoms with Crippen molar-refractivity contribution in [2.75, 3.05) is 0 Å². The zero-order chi connectivity index (χ0) is 18.1. The first-order valence-corrected chi connectivity index (χ1v) is 9.59. The Hall–Kier alpha value is -2.41. The Kier molecular flexibility index (Phi) is 3.08. The second-order valence-electron chi connectivity index (χ2n) is 8.92. The predicted molar refractivity (Wildman–Crippen MR) is 106 cm³/mol. The Morgan fingerprint density at radius 3 is 1.88 bits per heavy atom. The number of allylic oxidation sites excluding steroid dienone is 4. The Bertz CT molecular complexity index is 975. The van der Waals surface area contributed by atoms with Gasteiger partial charge in [-0.25, -0.2) is 0 Å². The summed E-state index contributed by atoms with van der Waals surface area (Å²) in [5.41, 5.74) is 7.05. The van der Waals surface area contributed by atoms with Gasteiger partial charge in [0.1, 0.15) is 0 Å². The van der Waals surface area contributed by atoms with Gasteiger partial charge < -0.3 is 0 Å². The highest BCUT2D eigenvalue weighted by Gasteiger charge is 2.62. The molecule has 0 aromatic heterocycles. The molecule has 0 amide bonds. The highest BCUT2D eigenvalue weighted by molar-refractivity contribution is 6.47. The lowest BCUT2D eigenvalue weighted by Gasteiger charge is -2.42. The number of rotatable bonds is 2.